The molecule has 3 nitrogen and oxygen atoms in total. The first-order valence-electron chi connectivity index (χ1n) is 4.87. The van der Waals surface area contributed by atoms with Gasteiger partial charge in [0.05, 0.1) is 6.61 Å². The van der Waals surface area contributed by atoms with Crippen LogP contribution in [0.4, 0.5) is 0 Å². The number of aliphatic hydroxyl groups is 1. The normalized spacial score (nSPS) is 17.5. The molecule has 0 saturated carbocycles. The third-order valence-corrected chi connectivity index (χ3v) is 2.92. The van der Waals surface area contributed by atoms with Gasteiger partial charge in [0, 0.05) is 18.6 Å². The van der Waals surface area contributed by atoms with E-state index in [9.17, 15) is 0 Å². The number of rotatable bonds is 4. The topological polar surface area (TPSA) is 49.5 Å². The first kappa shape index (κ1) is 12.9. The standard InChI is InChI=1S/C10H24N2O/c1-8(10(2,3)4)12(5)9(6-11)7-13/h8-9,13H,6-7,11H2,1-5H3. The zero-order chi connectivity index (χ0) is 10.6. The Balaban J connectivity index is 4.31. The molecule has 0 aromatic carbocycles. The van der Waals surface area contributed by atoms with E-state index in [1.807, 2.05) is 7.05 Å². The number of nitrogens with two attached hydrogens (primary N) is 1. The Morgan fingerprint density at radius 3 is 2.08 bits per heavy atom. The van der Waals surface area contributed by atoms with E-state index in [2.05, 4.69) is 32.6 Å². The van der Waals surface area contributed by atoms with E-state index in [-0.39, 0.29) is 18.1 Å². The van der Waals surface area contributed by atoms with E-state index in [0.717, 1.165) is 0 Å². The van der Waals surface area contributed by atoms with Crippen LogP contribution in [0.2, 0.25) is 0 Å². The van der Waals surface area contributed by atoms with Crippen molar-refractivity contribution in [3.63, 3.8) is 0 Å². The lowest BCUT2D eigenvalue weighted by Crippen LogP contribution is -2.49. The lowest BCUT2D eigenvalue weighted by Gasteiger charge is -2.39. The van der Waals surface area contributed by atoms with Crippen molar-refractivity contribution < 1.29 is 5.11 Å². The van der Waals surface area contributed by atoms with Gasteiger partial charge >= 0.3 is 0 Å². The lowest BCUT2D eigenvalue weighted by molar-refractivity contribution is 0.0673. The van der Waals surface area contributed by atoms with E-state index in [1.165, 1.54) is 0 Å². The van der Waals surface area contributed by atoms with Crippen molar-refractivity contribution in [2.45, 2.75) is 39.8 Å². The summed E-state index contributed by atoms with van der Waals surface area (Å²) in [6.07, 6.45) is 0. The highest BCUT2D eigenvalue weighted by atomic mass is 16.3. The molecule has 2 atom stereocenters. The largest absolute Gasteiger partial charge is 0.395 e. The van der Waals surface area contributed by atoms with Gasteiger partial charge < -0.3 is 10.8 Å². The zero-order valence-corrected chi connectivity index (χ0v) is 9.54. The quantitative estimate of drug-likeness (QED) is 0.682. The second-order valence-electron chi connectivity index (χ2n) is 4.78. The van der Waals surface area contributed by atoms with Crippen molar-refractivity contribution in [1.82, 2.24) is 4.90 Å². The molecule has 3 N–H and O–H groups in total. The van der Waals surface area contributed by atoms with E-state index >= 15 is 0 Å². The van der Waals surface area contributed by atoms with Crippen LogP contribution in [0.15, 0.2) is 0 Å². The Hall–Kier alpha value is -0.120. The van der Waals surface area contributed by atoms with Crippen molar-refractivity contribution in [2.75, 3.05) is 20.2 Å². The SMILES string of the molecule is CC(N(C)C(CN)CO)C(C)(C)C. The fourth-order valence-electron chi connectivity index (χ4n) is 1.30. The molecule has 2 unspecified atom stereocenters. The Morgan fingerprint density at radius 1 is 1.38 bits per heavy atom. The van der Waals surface area contributed by atoms with Gasteiger partial charge in [-0.25, -0.2) is 0 Å². The van der Waals surface area contributed by atoms with Gasteiger partial charge in [0.25, 0.3) is 0 Å². The lowest BCUT2D eigenvalue weighted by atomic mass is 9.86. The predicted octanol–water partition coefficient (Wildman–Crippen LogP) is 0.672. The molecule has 0 saturated heterocycles. The third-order valence-electron chi connectivity index (χ3n) is 2.92. The van der Waals surface area contributed by atoms with Crippen molar-refractivity contribution in [3.8, 4) is 0 Å². The van der Waals surface area contributed by atoms with Crippen LogP contribution in [0.3, 0.4) is 0 Å². The molecular weight excluding hydrogens is 164 g/mol. The zero-order valence-electron chi connectivity index (χ0n) is 9.54. The average molecular weight is 188 g/mol. The summed E-state index contributed by atoms with van der Waals surface area (Å²) < 4.78 is 0. The van der Waals surface area contributed by atoms with Gasteiger partial charge in [-0.05, 0) is 19.4 Å². The van der Waals surface area contributed by atoms with Crippen molar-refractivity contribution in [2.24, 2.45) is 11.1 Å². The molecular formula is C10H24N2O. The summed E-state index contributed by atoms with van der Waals surface area (Å²) in [7, 11) is 2.02. The molecule has 0 radical (unpaired) electrons. The van der Waals surface area contributed by atoms with E-state index in [0.29, 0.717) is 12.6 Å². The highest BCUT2D eigenvalue weighted by molar-refractivity contribution is 4.82. The van der Waals surface area contributed by atoms with Gasteiger partial charge in [0.2, 0.25) is 0 Å². The van der Waals surface area contributed by atoms with E-state index < -0.39 is 0 Å². The summed E-state index contributed by atoms with van der Waals surface area (Å²) in [6.45, 7) is 9.39. The smallest absolute Gasteiger partial charge is 0.0599 e. The minimum absolute atomic E-state index is 0.0780. The van der Waals surface area contributed by atoms with Crippen LogP contribution in [0.25, 0.3) is 0 Å². The maximum Gasteiger partial charge on any atom is 0.0599 e. The first-order chi connectivity index (χ1) is 5.84. The van der Waals surface area contributed by atoms with Crippen LogP contribution < -0.4 is 5.73 Å². The Kier molecular flexibility index (Phi) is 4.89. The molecule has 0 aliphatic heterocycles. The Morgan fingerprint density at radius 2 is 1.85 bits per heavy atom. The number of aliphatic hydroxyl groups excluding tert-OH is 1. The first-order valence-corrected chi connectivity index (χ1v) is 4.87. The summed E-state index contributed by atoms with van der Waals surface area (Å²) >= 11 is 0. The van der Waals surface area contributed by atoms with Gasteiger partial charge in [-0.15, -0.1) is 0 Å². The number of hydrogen-bond acceptors (Lipinski definition) is 3. The highest BCUT2D eigenvalue weighted by Gasteiger charge is 2.27. The van der Waals surface area contributed by atoms with Crippen LogP contribution in [-0.2, 0) is 0 Å². The molecule has 3 heteroatoms. The van der Waals surface area contributed by atoms with E-state index in [4.69, 9.17) is 10.8 Å². The summed E-state index contributed by atoms with van der Waals surface area (Å²) in [5.41, 5.74) is 5.78. The molecule has 0 aromatic rings. The predicted molar refractivity (Wildman–Crippen MR) is 56.6 cm³/mol. The third kappa shape index (κ3) is 3.63. The van der Waals surface area contributed by atoms with Gasteiger partial charge in [-0.2, -0.15) is 0 Å². The maximum atomic E-state index is 9.09. The van der Waals surface area contributed by atoms with Crippen LogP contribution in [0.1, 0.15) is 27.7 Å². The molecule has 0 fully saturated rings. The van der Waals surface area contributed by atoms with Gasteiger partial charge in [-0.3, -0.25) is 4.90 Å². The average Bonchev–Trinajstić information content (AvgIpc) is 2.03. The second kappa shape index (κ2) is 4.94. The number of hydrogen-bond donors (Lipinski definition) is 2. The van der Waals surface area contributed by atoms with Crippen LogP contribution in [-0.4, -0.2) is 42.3 Å². The molecule has 0 bridgehead atoms. The molecule has 0 heterocycles. The molecule has 13 heavy (non-hydrogen) atoms. The Bertz CT molecular complexity index is 138. The molecule has 80 valence electrons. The molecule has 0 aliphatic carbocycles. The van der Waals surface area contributed by atoms with Gasteiger partial charge in [0.1, 0.15) is 0 Å². The monoisotopic (exact) mass is 188 g/mol. The van der Waals surface area contributed by atoms with Crippen molar-refractivity contribution in [1.29, 1.82) is 0 Å². The summed E-state index contributed by atoms with van der Waals surface area (Å²) in [5.74, 6) is 0. The summed E-state index contributed by atoms with van der Waals surface area (Å²) in [6, 6.07) is 0.488. The summed E-state index contributed by atoms with van der Waals surface area (Å²) in [4.78, 5) is 2.15. The Labute approximate surface area is 81.9 Å². The summed E-state index contributed by atoms with van der Waals surface area (Å²) in [5, 5.41) is 9.09. The van der Waals surface area contributed by atoms with Gasteiger partial charge in [0.15, 0.2) is 0 Å². The van der Waals surface area contributed by atoms with Crippen LogP contribution in [0, 0.1) is 5.41 Å². The van der Waals surface area contributed by atoms with Crippen LogP contribution >= 0.6 is 0 Å². The molecule has 0 aromatic heterocycles. The number of likely N-dealkylation sites (N-methyl/N-ethyl adjacent to an activating group) is 1. The van der Waals surface area contributed by atoms with E-state index in [1.54, 1.807) is 0 Å². The molecule has 0 aliphatic rings. The molecule has 0 rings (SSSR count). The highest BCUT2D eigenvalue weighted by Crippen LogP contribution is 2.23. The number of nitrogens with zero attached hydrogens (tertiary/aromatic N) is 1. The second-order valence-corrected chi connectivity index (χ2v) is 4.78. The fraction of sp³-hybridized carbons (Fsp3) is 1.00. The van der Waals surface area contributed by atoms with Crippen molar-refractivity contribution in [3.05, 3.63) is 0 Å². The van der Waals surface area contributed by atoms with Gasteiger partial charge in [-0.1, -0.05) is 20.8 Å². The van der Waals surface area contributed by atoms with Crippen molar-refractivity contribution >= 4 is 0 Å². The van der Waals surface area contributed by atoms with Crippen LogP contribution in [0.5, 0.6) is 0 Å². The minimum Gasteiger partial charge on any atom is -0.395 e. The molecule has 0 spiro atoms. The maximum absolute atomic E-state index is 9.09. The fourth-order valence-corrected chi connectivity index (χ4v) is 1.30. The minimum atomic E-state index is 0.0780. The molecule has 0 amide bonds.